The molecule has 0 fully saturated rings. The molecule has 0 saturated heterocycles. The minimum absolute atomic E-state index is 0.233. The molecule has 0 spiro atoms. The molecule has 0 unspecified atom stereocenters. The third kappa shape index (κ3) is 1.86. The van der Waals surface area contributed by atoms with E-state index >= 15 is 0 Å². The second kappa shape index (κ2) is 3.56. The summed E-state index contributed by atoms with van der Waals surface area (Å²) >= 11 is 0. The van der Waals surface area contributed by atoms with E-state index in [1.165, 1.54) is 0 Å². The Labute approximate surface area is 77.5 Å². The first kappa shape index (κ1) is 9.71. The maximum Gasteiger partial charge on any atom is 0.272 e. The highest BCUT2D eigenvalue weighted by molar-refractivity contribution is 5.47. The van der Waals surface area contributed by atoms with Crippen molar-refractivity contribution >= 4 is 5.69 Å². The molecule has 0 atom stereocenters. The van der Waals surface area contributed by atoms with Crippen molar-refractivity contribution < 1.29 is 4.92 Å². The van der Waals surface area contributed by atoms with Crippen LogP contribution in [0.5, 0.6) is 0 Å². The van der Waals surface area contributed by atoms with Crippen LogP contribution in [0.2, 0.25) is 0 Å². The van der Waals surface area contributed by atoms with Gasteiger partial charge in [-0.1, -0.05) is 13.0 Å². The van der Waals surface area contributed by atoms with Gasteiger partial charge in [0.2, 0.25) is 0 Å². The molecule has 0 aliphatic rings. The van der Waals surface area contributed by atoms with Crippen molar-refractivity contribution in [3.05, 3.63) is 38.9 Å². The van der Waals surface area contributed by atoms with E-state index in [2.05, 4.69) is 0 Å². The lowest BCUT2D eigenvalue weighted by Gasteiger charge is -2.04. The van der Waals surface area contributed by atoms with Gasteiger partial charge in [0, 0.05) is 11.6 Å². The summed E-state index contributed by atoms with van der Waals surface area (Å²) in [6.45, 7) is 5.68. The summed E-state index contributed by atoms with van der Waals surface area (Å²) in [6, 6.07) is 3.66. The largest absolute Gasteiger partial charge is 0.272 e. The predicted octanol–water partition coefficient (Wildman–Crippen LogP) is 2.77. The normalized spacial score (nSPS) is 10.1. The second-order valence-electron chi connectivity index (χ2n) is 3.17. The number of nitro groups is 1. The minimum Gasteiger partial charge on any atom is -0.258 e. The number of rotatable bonds is 2. The molecule has 0 bridgehead atoms. The summed E-state index contributed by atoms with van der Waals surface area (Å²) in [4.78, 5) is 10.3. The van der Waals surface area contributed by atoms with Gasteiger partial charge in [-0.3, -0.25) is 10.1 Å². The molecule has 0 saturated carbocycles. The van der Waals surface area contributed by atoms with E-state index in [0.29, 0.717) is 0 Å². The van der Waals surface area contributed by atoms with Gasteiger partial charge in [-0.15, -0.1) is 0 Å². The molecule has 0 heterocycles. The number of hydrogen-bond acceptors (Lipinski definition) is 2. The molecule has 0 amide bonds. The zero-order valence-electron chi connectivity index (χ0n) is 8.13. The first-order valence-electron chi connectivity index (χ1n) is 4.30. The van der Waals surface area contributed by atoms with Crippen LogP contribution in [0.15, 0.2) is 12.1 Å². The van der Waals surface area contributed by atoms with Crippen LogP contribution < -0.4 is 0 Å². The molecular formula is C10H13NO2. The molecule has 70 valence electrons. The molecule has 3 nitrogen and oxygen atoms in total. The van der Waals surface area contributed by atoms with E-state index in [0.717, 1.165) is 23.1 Å². The van der Waals surface area contributed by atoms with E-state index in [-0.39, 0.29) is 10.6 Å². The van der Waals surface area contributed by atoms with Crippen LogP contribution in [-0.2, 0) is 6.42 Å². The Kier molecular flexibility index (Phi) is 2.66. The highest BCUT2D eigenvalue weighted by atomic mass is 16.6. The van der Waals surface area contributed by atoms with Crippen LogP contribution in [-0.4, -0.2) is 4.92 Å². The lowest BCUT2D eigenvalue weighted by atomic mass is 10.0. The topological polar surface area (TPSA) is 43.1 Å². The fourth-order valence-corrected chi connectivity index (χ4v) is 1.31. The zero-order valence-corrected chi connectivity index (χ0v) is 8.13. The molecule has 1 aromatic carbocycles. The molecule has 1 aromatic rings. The first-order valence-corrected chi connectivity index (χ1v) is 4.30. The predicted molar refractivity (Wildman–Crippen MR) is 51.9 cm³/mol. The van der Waals surface area contributed by atoms with E-state index in [1.54, 1.807) is 13.0 Å². The third-order valence-electron chi connectivity index (χ3n) is 2.30. The SMILES string of the molecule is CCc1cc(C)c(C)c([N+](=O)[O-])c1. The highest BCUT2D eigenvalue weighted by Crippen LogP contribution is 2.23. The van der Waals surface area contributed by atoms with Crippen molar-refractivity contribution in [2.24, 2.45) is 0 Å². The minimum atomic E-state index is -0.318. The Morgan fingerprint density at radius 3 is 2.46 bits per heavy atom. The van der Waals surface area contributed by atoms with Gasteiger partial charge >= 0.3 is 0 Å². The van der Waals surface area contributed by atoms with E-state index in [1.807, 2.05) is 19.9 Å². The monoisotopic (exact) mass is 179 g/mol. The molecule has 0 N–H and O–H groups in total. The number of benzene rings is 1. The van der Waals surface area contributed by atoms with Crippen molar-refractivity contribution in [3.8, 4) is 0 Å². The zero-order chi connectivity index (χ0) is 10.0. The van der Waals surface area contributed by atoms with Gasteiger partial charge in [0.15, 0.2) is 0 Å². The Balaban J connectivity index is 3.33. The fraction of sp³-hybridized carbons (Fsp3) is 0.400. The summed E-state index contributed by atoms with van der Waals surface area (Å²) in [5.74, 6) is 0. The van der Waals surface area contributed by atoms with Crippen LogP contribution in [0.25, 0.3) is 0 Å². The lowest BCUT2D eigenvalue weighted by Crippen LogP contribution is -1.96. The maximum atomic E-state index is 10.6. The van der Waals surface area contributed by atoms with Crippen molar-refractivity contribution in [1.82, 2.24) is 0 Å². The van der Waals surface area contributed by atoms with Gasteiger partial charge in [-0.2, -0.15) is 0 Å². The summed E-state index contributed by atoms with van der Waals surface area (Å²) in [5.41, 5.74) is 3.01. The number of hydrogen-bond donors (Lipinski definition) is 0. The number of nitro benzene ring substituents is 1. The lowest BCUT2D eigenvalue weighted by molar-refractivity contribution is -0.385. The number of aryl methyl sites for hydroxylation is 2. The summed E-state index contributed by atoms with van der Waals surface area (Å²) in [6.07, 6.45) is 0.835. The van der Waals surface area contributed by atoms with Gasteiger partial charge in [0.05, 0.1) is 4.92 Å². The van der Waals surface area contributed by atoms with E-state index in [4.69, 9.17) is 0 Å². The van der Waals surface area contributed by atoms with Gasteiger partial charge in [0.25, 0.3) is 5.69 Å². The number of nitrogens with zero attached hydrogens (tertiary/aromatic N) is 1. The summed E-state index contributed by atoms with van der Waals surface area (Å²) in [5, 5.41) is 10.6. The van der Waals surface area contributed by atoms with E-state index < -0.39 is 0 Å². The van der Waals surface area contributed by atoms with Crippen LogP contribution in [0.1, 0.15) is 23.6 Å². The Morgan fingerprint density at radius 1 is 1.38 bits per heavy atom. The molecule has 13 heavy (non-hydrogen) atoms. The van der Waals surface area contributed by atoms with Gasteiger partial charge in [0.1, 0.15) is 0 Å². The van der Waals surface area contributed by atoms with Crippen molar-refractivity contribution in [3.63, 3.8) is 0 Å². The van der Waals surface area contributed by atoms with Crippen LogP contribution >= 0.6 is 0 Å². The maximum absolute atomic E-state index is 10.6. The Bertz CT molecular complexity index is 345. The van der Waals surface area contributed by atoms with Crippen molar-refractivity contribution in [2.45, 2.75) is 27.2 Å². The van der Waals surface area contributed by atoms with Crippen molar-refractivity contribution in [1.29, 1.82) is 0 Å². The highest BCUT2D eigenvalue weighted by Gasteiger charge is 2.12. The molecular weight excluding hydrogens is 166 g/mol. The van der Waals surface area contributed by atoms with Crippen LogP contribution in [0, 0.1) is 24.0 Å². The molecule has 1 rings (SSSR count). The van der Waals surface area contributed by atoms with E-state index in [9.17, 15) is 10.1 Å². The molecule has 0 radical (unpaired) electrons. The summed E-state index contributed by atoms with van der Waals surface area (Å²) < 4.78 is 0. The first-order chi connectivity index (χ1) is 6.06. The van der Waals surface area contributed by atoms with Crippen molar-refractivity contribution in [2.75, 3.05) is 0 Å². The average molecular weight is 179 g/mol. The molecule has 3 heteroatoms. The standard InChI is InChI=1S/C10H13NO2/c1-4-9-5-7(2)8(3)10(6-9)11(12)13/h5-6H,4H2,1-3H3. The van der Waals surface area contributed by atoms with Crippen LogP contribution in [0.3, 0.4) is 0 Å². The smallest absolute Gasteiger partial charge is 0.258 e. The molecule has 0 aliphatic heterocycles. The van der Waals surface area contributed by atoms with Crippen LogP contribution in [0.4, 0.5) is 5.69 Å². The third-order valence-corrected chi connectivity index (χ3v) is 2.30. The molecule has 0 aromatic heterocycles. The van der Waals surface area contributed by atoms with Gasteiger partial charge < -0.3 is 0 Å². The fourth-order valence-electron chi connectivity index (χ4n) is 1.31. The summed E-state index contributed by atoms with van der Waals surface area (Å²) in [7, 11) is 0. The van der Waals surface area contributed by atoms with Gasteiger partial charge in [-0.05, 0) is 31.4 Å². The van der Waals surface area contributed by atoms with Gasteiger partial charge in [-0.25, -0.2) is 0 Å². The second-order valence-corrected chi connectivity index (χ2v) is 3.17. The molecule has 0 aliphatic carbocycles. The Hall–Kier alpha value is -1.38. The Morgan fingerprint density at radius 2 is 2.00 bits per heavy atom. The quantitative estimate of drug-likeness (QED) is 0.517. The average Bonchev–Trinajstić information content (AvgIpc) is 2.09.